The van der Waals surface area contributed by atoms with Gasteiger partial charge in [0, 0.05) is 5.56 Å². The summed E-state index contributed by atoms with van der Waals surface area (Å²) in [5.74, 6) is 2.86. The maximum atomic E-state index is 6.07. The van der Waals surface area contributed by atoms with Crippen molar-refractivity contribution in [2.75, 3.05) is 13.2 Å². The summed E-state index contributed by atoms with van der Waals surface area (Å²) in [4.78, 5) is 0. The van der Waals surface area contributed by atoms with Gasteiger partial charge in [-0.3, -0.25) is 0 Å². The summed E-state index contributed by atoms with van der Waals surface area (Å²) in [5, 5.41) is 0. The smallest absolute Gasteiger partial charge is 0.161 e. The molecule has 0 radical (unpaired) electrons. The zero-order chi connectivity index (χ0) is 12.7. The highest BCUT2D eigenvalue weighted by molar-refractivity contribution is 5.43. The Labute approximate surface area is 111 Å². The predicted octanol–water partition coefficient (Wildman–Crippen LogP) is 3.00. The molecule has 2 aliphatic heterocycles. The molecule has 3 nitrogen and oxygen atoms in total. The van der Waals surface area contributed by atoms with Crippen molar-refractivity contribution >= 4 is 0 Å². The van der Waals surface area contributed by atoms with Crippen LogP contribution >= 0.6 is 0 Å². The van der Waals surface area contributed by atoms with Crippen LogP contribution in [0.25, 0.3) is 0 Å². The van der Waals surface area contributed by atoms with E-state index >= 15 is 0 Å². The van der Waals surface area contributed by atoms with Crippen LogP contribution in [0.3, 0.4) is 0 Å². The molecule has 0 fully saturated rings. The monoisotopic (exact) mass is 254 g/mol. The summed E-state index contributed by atoms with van der Waals surface area (Å²) in [6.45, 7) is 1.23. The normalized spacial score (nSPS) is 23.6. The van der Waals surface area contributed by atoms with E-state index in [-0.39, 0.29) is 12.0 Å². The Morgan fingerprint density at radius 3 is 2.32 bits per heavy atom. The molecular weight excluding hydrogens is 240 g/mol. The number of para-hydroxylation sites is 3. The van der Waals surface area contributed by atoms with Gasteiger partial charge in [0.15, 0.2) is 11.5 Å². The van der Waals surface area contributed by atoms with Crippen LogP contribution < -0.4 is 14.2 Å². The molecule has 19 heavy (non-hydrogen) atoms. The number of ether oxygens (including phenoxy) is 3. The molecule has 0 amide bonds. The van der Waals surface area contributed by atoms with E-state index in [4.69, 9.17) is 14.2 Å². The van der Waals surface area contributed by atoms with Crippen molar-refractivity contribution in [1.29, 1.82) is 0 Å². The molecule has 2 heterocycles. The summed E-state index contributed by atoms with van der Waals surface area (Å²) < 4.78 is 17.6. The third-order valence-electron chi connectivity index (χ3n) is 3.72. The third-order valence-corrected chi connectivity index (χ3v) is 3.72. The minimum atomic E-state index is 0.0125. The standard InChI is InChI=1S/C16H14O3/c1-2-6-13-11(5-1)12(9-17-13)16-10-18-14-7-3-4-8-15(14)19-16/h1-8,12,16H,9-10H2. The lowest BCUT2D eigenvalue weighted by Crippen LogP contribution is -2.35. The Morgan fingerprint density at radius 1 is 0.737 bits per heavy atom. The van der Waals surface area contributed by atoms with Crippen molar-refractivity contribution in [1.82, 2.24) is 0 Å². The van der Waals surface area contributed by atoms with Crippen LogP contribution in [0.2, 0.25) is 0 Å². The molecule has 2 unspecified atom stereocenters. The van der Waals surface area contributed by atoms with Crippen molar-refractivity contribution in [2.24, 2.45) is 0 Å². The Bertz CT molecular complexity index is 608. The Hall–Kier alpha value is -2.16. The summed E-state index contributed by atoms with van der Waals surface area (Å²) in [6.07, 6.45) is 0.0125. The molecule has 2 atom stereocenters. The lowest BCUT2D eigenvalue weighted by atomic mass is 9.95. The SMILES string of the molecule is c1ccc2c(c1)OCC(C1COc3ccccc31)O2. The molecule has 3 heteroatoms. The predicted molar refractivity (Wildman–Crippen MR) is 71.0 cm³/mol. The van der Waals surface area contributed by atoms with Gasteiger partial charge in [0.2, 0.25) is 0 Å². The second-order valence-corrected chi connectivity index (χ2v) is 4.87. The van der Waals surface area contributed by atoms with Crippen LogP contribution in [0.1, 0.15) is 11.5 Å². The van der Waals surface area contributed by atoms with E-state index in [1.54, 1.807) is 0 Å². The van der Waals surface area contributed by atoms with Crippen molar-refractivity contribution in [3.63, 3.8) is 0 Å². The van der Waals surface area contributed by atoms with E-state index in [1.165, 1.54) is 5.56 Å². The number of hydrogen-bond acceptors (Lipinski definition) is 3. The van der Waals surface area contributed by atoms with E-state index in [9.17, 15) is 0 Å². The van der Waals surface area contributed by atoms with Crippen molar-refractivity contribution in [3.8, 4) is 17.2 Å². The van der Waals surface area contributed by atoms with Crippen LogP contribution in [0.4, 0.5) is 0 Å². The van der Waals surface area contributed by atoms with E-state index in [0.717, 1.165) is 17.2 Å². The number of rotatable bonds is 1. The first kappa shape index (κ1) is 10.7. The quantitative estimate of drug-likeness (QED) is 0.783. The highest BCUT2D eigenvalue weighted by Gasteiger charge is 2.35. The zero-order valence-corrected chi connectivity index (χ0v) is 10.4. The van der Waals surface area contributed by atoms with Crippen LogP contribution in [0.15, 0.2) is 48.5 Å². The summed E-state index contributed by atoms with van der Waals surface area (Å²) >= 11 is 0. The fourth-order valence-electron chi connectivity index (χ4n) is 2.73. The van der Waals surface area contributed by atoms with Crippen molar-refractivity contribution in [3.05, 3.63) is 54.1 Å². The van der Waals surface area contributed by atoms with Gasteiger partial charge in [0.05, 0.1) is 12.5 Å². The van der Waals surface area contributed by atoms with Crippen molar-refractivity contribution < 1.29 is 14.2 Å². The molecule has 2 aromatic carbocycles. The van der Waals surface area contributed by atoms with Crippen LogP contribution in [-0.4, -0.2) is 19.3 Å². The van der Waals surface area contributed by atoms with Crippen LogP contribution in [0.5, 0.6) is 17.2 Å². The largest absolute Gasteiger partial charge is 0.493 e. The second-order valence-electron chi connectivity index (χ2n) is 4.87. The topological polar surface area (TPSA) is 27.7 Å². The van der Waals surface area contributed by atoms with Gasteiger partial charge in [0.25, 0.3) is 0 Å². The zero-order valence-electron chi connectivity index (χ0n) is 10.4. The average molecular weight is 254 g/mol. The third kappa shape index (κ3) is 1.73. The molecule has 0 saturated heterocycles. The molecule has 0 N–H and O–H groups in total. The Kier molecular flexibility index (Phi) is 2.37. The van der Waals surface area contributed by atoms with E-state index in [0.29, 0.717) is 13.2 Å². The Balaban J connectivity index is 1.63. The molecule has 0 saturated carbocycles. The molecule has 2 aromatic rings. The molecule has 0 bridgehead atoms. The maximum absolute atomic E-state index is 6.07. The minimum absolute atomic E-state index is 0.0125. The number of benzene rings is 2. The van der Waals surface area contributed by atoms with Gasteiger partial charge in [-0.15, -0.1) is 0 Å². The fourth-order valence-corrected chi connectivity index (χ4v) is 2.73. The lowest BCUT2D eigenvalue weighted by molar-refractivity contribution is 0.0647. The van der Waals surface area contributed by atoms with E-state index in [1.807, 2.05) is 42.5 Å². The highest BCUT2D eigenvalue weighted by atomic mass is 16.6. The van der Waals surface area contributed by atoms with Gasteiger partial charge >= 0.3 is 0 Å². The van der Waals surface area contributed by atoms with Gasteiger partial charge in [0.1, 0.15) is 18.5 Å². The van der Waals surface area contributed by atoms with E-state index in [2.05, 4.69) is 6.07 Å². The average Bonchev–Trinajstić information content (AvgIpc) is 2.91. The van der Waals surface area contributed by atoms with Crippen LogP contribution in [0, 0.1) is 0 Å². The first-order valence-corrected chi connectivity index (χ1v) is 6.52. The molecule has 2 aliphatic rings. The van der Waals surface area contributed by atoms with Gasteiger partial charge in [-0.2, -0.15) is 0 Å². The van der Waals surface area contributed by atoms with Gasteiger partial charge in [-0.1, -0.05) is 30.3 Å². The molecule has 4 rings (SSSR count). The summed E-state index contributed by atoms with van der Waals surface area (Å²) in [7, 11) is 0. The number of hydrogen-bond donors (Lipinski definition) is 0. The van der Waals surface area contributed by atoms with Crippen LogP contribution in [-0.2, 0) is 0 Å². The Morgan fingerprint density at radius 2 is 1.42 bits per heavy atom. The summed E-state index contributed by atoms with van der Waals surface area (Å²) in [6, 6.07) is 15.9. The van der Waals surface area contributed by atoms with Gasteiger partial charge in [-0.25, -0.2) is 0 Å². The number of fused-ring (bicyclic) bond motifs is 2. The first-order chi connectivity index (χ1) is 9.42. The van der Waals surface area contributed by atoms with Gasteiger partial charge < -0.3 is 14.2 Å². The first-order valence-electron chi connectivity index (χ1n) is 6.52. The molecular formula is C16H14O3. The minimum Gasteiger partial charge on any atom is -0.493 e. The van der Waals surface area contributed by atoms with E-state index < -0.39 is 0 Å². The summed E-state index contributed by atoms with van der Waals surface area (Å²) in [5.41, 5.74) is 1.22. The molecule has 0 aromatic heterocycles. The fraction of sp³-hybridized carbons (Fsp3) is 0.250. The molecule has 0 aliphatic carbocycles. The second kappa shape index (κ2) is 4.19. The molecule has 96 valence electrons. The molecule has 0 spiro atoms. The highest BCUT2D eigenvalue weighted by Crippen LogP contribution is 2.40. The maximum Gasteiger partial charge on any atom is 0.161 e. The van der Waals surface area contributed by atoms with Gasteiger partial charge in [-0.05, 0) is 18.2 Å². The van der Waals surface area contributed by atoms with Crippen molar-refractivity contribution in [2.45, 2.75) is 12.0 Å². The lowest BCUT2D eigenvalue weighted by Gasteiger charge is -2.29.